The zero-order valence-corrected chi connectivity index (χ0v) is 22.2. The van der Waals surface area contributed by atoms with E-state index in [2.05, 4.69) is 21.2 Å². The van der Waals surface area contributed by atoms with Crippen LogP contribution in [0, 0.1) is 6.92 Å². The fourth-order valence-corrected chi connectivity index (χ4v) is 5.24. The van der Waals surface area contributed by atoms with Crippen molar-refractivity contribution in [3.63, 3.8) is 0 Å². The molecule has 3 aromatic rings. The first-order valence-electron chi connectivity index (χ1n) is 11.0. The summed E-state index contributed by atoms with van der Waals surface area (Å²) in [5.74, 6) is -0.837. The second-order valence-electron chi connectivity index (χ2n) is 8.10. The molecule has 7 nitrogen and oxygen atoms in total. The fourth-order valence-electron chi connectivity index (χ4n) is 3.54. The Hall–Kier alpha value is -3.17. The number of hydrogen-bond donors (Lipinski definition) is 1. The second-order valence-corrected chi connectivity index (χ2v) is 10.9. The molecule has 184 valence electrons. The molecular weight excluding hydrogens is 530 g/mol. The first-order valence-corrected chi connectivity index (χ1v) is 13.3. The van der Waals surface area contributed by atoms with Crippen LogP contribution in [0.2, 0.25) is 0 Å². The van der Waals surface area contributed by atoms with Crippen LogP contribution >= 0.6 is 15.9 Å². The van der Waals surface area contributed by atoms with Crippen LogP contribution in [0.1, 0.15) is 18.1 Å². The first-order chi connectivity index (χ1) is 16.6. The van der Waals surface area contributed by atoms with E-state index in [0.29, 0.717) is 5.69 Å². The molecule has 0 saturated carbocycles. The number of nitrogens with one attached hydrogen (secondary N) is 1. The molecule has 0 fully saturated rings. The van der Waals surface area contributed by atoms with Gasteiger partial charge in [-0.2, -0.15) is 0 Å². The lowest BCUT2D eigenvalue weighted by molar-refractivity contribution is -0.139. The smallest absolute Gasteiger partial charge is 0.264 e. The topological polar surface area (TPSA) is 86.8 Å². The van der Waals surface area contributed by atoms with Crippen molar-refractivity contribution < 1.29 is 18.0 Å². The number of rotatable bonds is 9. The van der Waals surface area contributed by atoms with Crippen LogP contribution < -0.4 is 9.62 Å². The predicted octanol–water partition coefficient (Wildman–Crippen LogP) is 4.12. The lowest BCUT2D eigenvalue weighted by Gasteiger charge is -2.31. The first kappa shape index (κ1) is 26.4. The van der Waals surface area contributed by atoms with E-state index in [1.54, 1.807) is 49.4 Å². The van der Waals surface area contributed by atoms with Crippen molar-refractivity contribution in [2.75, 3.05) is 17.9 Å². The van der Waals surface area contributed by atoms with Gasteiger partial charge in [0.05, 0.1) is 10.6 Å². The molecule has 9 heteroatoms. The number of sulfonamides is 1. The number of nitrogens with zero attached hydrogens (tertiary/aromatic N) is 2. The van der Waals surface area contributed by atoms with Gasteiger partial charge in [-0.3, -0.25) is 13.9 Å². The van der Waals surface area contributed by atoms with E-state index in [4.69, 9.17) is 0 Å². The SMILES string of the molecule is CNC(=O)C(C)N(Cc1ccc(C)cc1)C(=O)CN(c1ccc(Br)cc1)S(=O)(=O)c1ccccc1. The molecule has 0 aliphatic carbocycles. The lowest BCUT2D eigenvalue weighted by Crippen LogP contribution is -2.50. The molecule has 1 atom stereocenters. The Balaban J connectivity index is 2.00. The van der Waals surface area contributed by atoms with Gasteiger partial charge in [0.1, 0.15) is 12.6 Å². The number of benzene rings is 3. The summed E-state index contributed by atoms with van der Waals surface area (Å²) < 4.78 is 29.0. The monoisotopic (exact) mass is 557 g/mol. The van der Waals surface area contributed by atoms with Gasteiger partial charge in [-0.05, 0) is 55.8 Å². The highest BCUT2D eigenvalue weighted by atomic mass is 79.9. The van der Waals surface area contributed by atoms with E-state index in [-0.39, 0.29) is 17.3 Å². The molecule has 2 amide bonds. The van der Waals surface area contributed by atoms with Crippen LogP contribution in [0.4, 0.5) is 5.69 Å². The summed E-state index contributed by atoms with van der Waals surface area (Å²) in [7, 11) is -2.55. The third-order valence-electron chi connectivity index (χ3n) is 5.61. The van der Waals surface area contributed by atoms with Crippen molar-refractivity contribution in [3.8, 4) is 0 Å². The molecule has 1 N–H and O–H groups in total. The zero-order valence-electron chi connectivity index (χ0n) is 19.8. The minimum atomic E-state index is -4.06. The van der Waals surface area contributed by atoms with Gasteiger partial charge in [-0.25, -0.2) is 8.42 Å². The van der Waals surface area contributed by atoms with Crippen LogP contribution in [-0.2, 0) is 26.2 Å². The van der Waals surface area contributed by atoms with E-state index >= 15 is 0 Å². The van der Waals surface area contributed by atoms with Gasteiger partial charge in [0, 0.05) is 18.1 Å². The predicted molar refractivity (Wildman–Crippen MR) is 140 cm³/mol. The van der Waals surface area contributed by atoms with Crippen LogP contribution in [-0.4, -0.2) is 44.8 Å². The van der Waals surface area contributed by atoms with Crippen LogP contribution in [0.15, 0.2) is 88.2 Å². The van der Waals surface area contributed by atoms with E-state index in [9.17, 15) is 18.0 Å². The van der Waals surface area contributed by atoms with Crippen LogP contribution in [0.3, 0.4) is 0 Å². The van der Waals surface area contributed by atoms with Crippen molar-refractivity contribution in [2.45, 2.75) is 31.3 Å². The normalized spacial score (nSPS) is 12.0. The molecule has 0 spiro atoms. The van der Waals surface area contributed by atoms with Crippen molar-refractivity contribution in [2.24, 2.45) is 0 Å². The standard InChI is InChI=1S/C26H28BrN3O4S/c1-19-9-11-21(12-10-19)17-29(20(2)26(32)28-3)25(31)18-30(23-15-13-22(27)14-16-23)35(33,34)24-7-5-4-6-8-24/h4-16,20H,17-18H2,1-3H3,(H,28,32). The minimum Gasteiger partial charge on any atom is -0.357 e. The van der Waals surface area contributed by atoms with Crippen molar-refractivity contribution in [1.82, 2.24) is 10.2 Å². The molecule has 0 aromatic heterocycles. The largest absolute Gasteiger partial charge is 0.357 e. The molecule has 1 unspecified atom stereocenters. The summed E-state index contributed by atoms with van der Waals surface area (Å²) in [5, 5.41) is 2.57. The van der Waals surface area contributed by atoms with Gasteiger partial charge >= 0.3 is 0 Å². The molecule has 35 heavy (non-hydrogen) atoms. The molecule has 0 aliphatic rings. The summed E-state index contributed by atoms with van der Waals surface area (Å²) in [4.78, 5) is 27.6. The van der Waals surface area contributed by atoms with Gasteiger partial charge in [-0.1, -0.05) is 64.0 Å². The van der Waals surface area contributed by atoms with Crippen LogP contribution in [0.5, 0.6) is 0 Å². The van der Waals surface area contributed by atoms with E-state index in [1.165, 1.54) is 24.1 Å². The molecule has 0 aliphatic heterocycles. The minimum absolute atomic E-state index is 0.0696. The number of aryl methyl sites for hydroxylation is 1. The number of carbonyl (C=O) groups excluding carboxylic acids is 2. The van der Waals surface area contributed by atoms with Gasteiger partial charge in [-0.15, -0.1) is 0 Å². The van der Waals surface area contributed by atoms with Gasteiger partial charge in [0.15, 0.2) is 0 Å². The summed E-state index contributed by atoms with van der Waals surface area (Å²) in [5.41, 5.74) is 2.25. The maximum atomic E-state index is 13.6. The molecule has 3 rings (SSSR count). The number of amides is 2. The Kier molecular flexibility index (Phi) is 8.69. The summed E-state index contributed by atoms with van der Waals surface area (Å²) in [6, 6.07) is 21.5. The molecule has 3 aromatic carbocycles. The molecule has 0 heterocycles. The average Bonchev–Trinajstić information content (AvgIpc) is 2.87. The number of halogens is 1. The van der Waals surface area contributed by atoms with Gasteiger partial charge < -0.3 is 10.2 Å². The number of anilines is 1. The Morgan fingerprint density at radius 3 is 2.11 bits per heavy atom. The third-order valence-corrected chi connectivity index (χ3v) is 7.93. The quantitative estimate of drug-likeness (QED) is 0.428. The van der Waals surface area contributed by atoms with E-state index in [0.717, 1.165) is 19.9 Å². The number of likely N-dealkylation sites (N-methyl/N-ethyl adjacent to an activating group) is 1. The summed E-state index contributed by atoms with van der Waals surface area (Å²) in [6.45, 7) is 3.28. The maximum absolute atomic E-state index is 13.6. The van der Waals surface area contributed by atoms with E-state index in [1.807, 2.05) is 31.2 Å². The molecule has 0 bridgehead atoms. The van der Waals surface area contributed by atoms with Crippen molar-refractivity contribution in [1.29, 1.82) is 0 Å². The lowest BCUT2D eigenvalue weighted by atomic mass is 10.1. The van der Waals surface area contributed by atoms with Gasteiger partial charge in [0.25, 0.3) is 10.0 Å². The Morgan fingerprint density at radius 1 is 0.943 bits per heavy atom. The number of hydrogen-bond acceptors (Lipinski definition) is 4. The highest BCUT2D eigenvalue weighted by Crippen LogP contribution is 2.26. The van der Waals surface area contributed by atoms with Crippen LogP contribution in [0.25, 0.3) is 0 Å². The highest BCUT2D eigenvalue weighted by molar-refractivity contribution is 9.10. The summed E-state index contributed by atoms with van der Waals surface area (Å²) >= 11 is 3.36. The summed E-state index contributed by atoms with van der Waals surface area (Å²) in [6.07, 6.45) is 0. The van der Waals surface area contributed by atoms with Crippen molar-refractivity contribution >= 4 is 43.5 Å². The Morgan fingerprint density at radius 2 is 1.54 bits per heavy atom. The second kappa shape index (κ2) is 11.5. The molecular formula is C26H28BrN3O4S. The highest BCUT2D eigenvalue weighted by Gasteiger charge is 2.32. The van der Waals surface area contributed by atoms with Gasteiger partial charge in [0.2, 0.25) is 11.8 Å². The fraction of sp³-hybridized carbons (Fsp3) is 0.231. The molecule has 0 radical (unpaired) electrons. The number of carbonyl (C=O) groups is 2. The maximum Gasteiger partial charge on any atom is 0.264 e. The Labute approximate surface area is 214 Å². The third kappa shape index (κ3) is 6.49. The average molecular weight is 558 g/mol. The molecule has 0 saturated heterocycles. The van der Waals surface area contributed by atoms with Crippen molar-refractivity contribution in [3.05, 3.63) is 94.5 Å². The zero-order chi connectivity index (χ0) is 25.6. The van der Waals surface area contributed by atoms with E-state index < -0.39 is 28.5 Å². The Bertz CT molecular complexity index is 1260.